The molecule has 0 aliphatic rings. The summed E-state index contributed by atoms with van der Waals surface area (Å²) in [6.07, 6.45) is 19.9. The molecule has 0 aromatic heterocycles. The molecule has 0 saturated heterocycles. The number of hydrogen-bond donors (Lipinski definition) is 0. The lowest BCUT2D eigenvalue weighted by Crippen LogP contribution is -2.21. The van der Waals surface area contributed by atoms with E-state index >= 15 is 0 Å². The van der Waals surface area contributed by atoms with Crippen molar-refractivity contribution >= 4 is 16.4 Å². The number of carbonyl (C=O) groups is 1. The van der Waals surface area contributed by atoms with E-state index < -0.39 is 16.4 Å². The normalized spacial score (nSPS) is 10.6. The molecule has 0 amide bonds. The fourth-order valence-corrected chi connectivity index (χ4v) is 2.64. The Balaban J connectivity index is -0.000000772. The zero-order valence-corrected chi connectivity index (χ0v) is 18.2. The fraction of sp³-hybridized carbons (Fsp3) is 0.944. The van der Waals surface area contributed by atoms with E-state index in [1.165, 1.54) is 83.5 Å². The molecule has 0 spiro atoms. The van der Waals surface area contributed by atoms with Gasteiger partial charge in [0, 0.05) is 16.4 Å². The average Bonchev–Trinajstić information content (AvgIpc) is 2.49. The quantitative estimate of drug-likeness (QED) is 0.216. The zero-order valence-electron chi connectivity index (χ0n) is 16.2. The Hall–Kier alpha value is -0.370. The molecule has 0 aromatic rings. The van der Waals surface area contributed by atoms with Crippen LogP contribution in [0.4, 0.5) is 0 Å². The van der Waals surface area contributed by atoms with Gasteiger partial charge in [0.2, 0.25) is 0 Å². The van der Waals surface area contributed by atoms with Crippen molar-refractivity contribution in [2.45, 2.75) is 110 Å². The lowest BCUT2D eigenvalue weighted by Gasteiger charge is -2.06. The van der Waals surface area contributed by atoms with Crippen molar-refractivity contribution in [3.63, 3.8) is 0 Å². The van der Waals surface area contributed by atoms with Crippen molar-refractivity contribution in [1.82, 2.24) is 0 Å². The van der Waals surface area contributed by atoms with E-state index in [0.717, 1.165) is 12.8 Å². The molecule has 6 nitrogen and oxygen atoms in total. The van der Waals surface area contributed by atoms with Crippen molar-refractivity contribution in [3.8, 4) is 0 Å². The first-order valence-corrected chi connectivity index (χ1v) is 11.0. The Labute approximate surface area is 166 Å². The largest absolute Gasteiger partial charge is 0.759 e. The first-order chi connectivity index (χ1) is 11.8. The molecule has 0 saturated carbocycles. The van der Waals surface area contributed by atoms with Gasteiger partial charge < -0.3 is 31.4 Å². The maximum Gasteiger partial charge on any atom is 0.0414 e. The number of aliphatic carboxylic acids is 1. The molecule has 0 bridgehead atoms. The van der Waals surface area contributed by atoms with E-state index in [-0.39, 0.29) is 18.8 Å². The van der Waals surface area contributed by atoms with Crippen LogP contribution in [0, 0.1) is 12.4 Å². The molecule has 8 heteroatoms. The Kier molecular flexibility index (Phi) is 26.5. The van der Waals surface area contributed by atoms with E-state index in [4.69, 9.17) is 17.5 Å². The van der Waals surface area contributed by atoms with Crippen LogP contribution in [0.2, 0.25) is 0 Å². The van der Waals surface area contributed by atoms with Gasteiger partial charge in [-0.2, -0.15) is 0 Å². The maximum absolute atomic E-state index is 10.2. The number of carboxylic acid groups (broad SMARTS) is 1. The van der Waals surface area contributed by atoms with Gasteiger partial charge in [0.15, 0.2) is 0 Å². The topological polar surface area (TPSA) is 120 Å². The predicted molar refractivity (Wildman–Crippen MR) is 101 cm³/mol. The van der Waals surface area contributed by atoms with E-state index in [0.29, 0.717) is 0 Å². The summed E-state index contributed by atoms with van der Waals surface area (Å²) >= 11 is 0. The van der Waals surface area contributed by atoms with Crippen LogP contribution in [0.15, 0.2) is 0 Å². The van der Waals surface area contributed by atoms with Gasteiger partial charge in [-0.1, -0.05) is 96.8 Å². The highest BCUT2D eigenvalue weighted by Gasteiger charge is 1.94. The lowest BCUT2D eigenvalue weighted by atomic mass is 10.0. The predicted octanol–water partition coefficient (Wildman–Crippen LogP) is 2.59. The summed E-state index contributed by atoms with van der Waals surface area (Å²) < 4.78 is 34.1. The molecular weight excluding hydrogens is 380 g/mol. The minimum absolute atomic E-state index is 0. The van der Waals surface area contributed by atoms with Crippen LogP contribution in [0.1, 0.15) is 110 Å². The standard InChI is InChI=1S/C18H36O2.Cl.H2O4S/c1-2-3-4-5-6-7-8-9-10-11-12-13-14-15-16-17-18(19)20;;1-5(2,3)4/h2-17H2,1H3,(H,19,20);;(H2,1,2,3,4)/q;+3;/p-3. The summed E-state index contributed by atoms with van der Waals surface area (Å²) in [5, 5.41) is 10.2. The number of carbonyl (C=O) groups excluding carboxylic acids is 1. The SMILES string of the molecule is CCCCCCCCCCCCCCCCCC(=O)[O-].O=S(=O)([O-])[O-].[ClH4+3]. The van der Waals surface area contributed by atoms with Gasteiger partial charge in [-0.05, 0) is 12.8 Å². The Morgan fingerprint density at radius 1 is 0.654 bits per heavy atom. The second kappa shape index (κ2) is 22.7. The minimum Gasteiger partial charge on any atom is -0.759 e. The zero-order chi connectivity index (χ0) is 19.4. The van der Waals surface area contributed by atoms with E-state index in [1.54, 1.807) is 0 Å². The van der Waals surface area contributed by atoms with Crippen LogP contribution in [0.25, 0.3) is 0 Å². The van der Waals surface area contributed by atoms with Crippen molar-refractivity contribution in [2.75, 3.05) is 0 Å². The third-order valence-corrected chi connectivity index (χ3v) is 3.98. The second-order valence-electron chi connectivity index (χ2n) is 6.48. The highest BCUT2D eigenvalue weighted by atomic mass is 35.5. The molecule has 0 aliphatic heterocycles. The Morgan fingerprint density at radius 2 is 0.885 bits per heavy atom. The second-order valence-corrected chi connectivity index (χ2v) is 7.30. The molecular formula is C18H39ClO6S. The Bertz CT molecular complexity index is 379. The number of carboxylic acids is 1. The number of rotatable bonds is 16. The summed E-state index contributed by atoms with van der Waals surface area (Å²) in [6, 6.07) is 0. The summed E-state index contributed by atoms with van der Waals surface area (Å²) in [7, 11) is -5.17. The van der Waals surface area contributed by atoms with Gasteiger partial charge in [-0.15, -0.1) is 0 Å². The van der Waals surface area contributed by atoms with E-state index in [2.05, 4.69) is 6.92 Å². The average molecular weight is 419 g/mol. The van der Waals surface area contributed by atoms with Crippen LogP contribution in [-0.2, 0) is 15.2 Å². The molecule has 0 unspecified atom stereocenters. The lowest BCUT2D eigenvalue weighted by molar-refractivity contribution is -0.305. The minimum atomic E-state index is -5.17. The first kappa shape index (κ1) is 30.4. The Morgan fingerprint density at radius 3 is 1.12 bits per heavy atom. The van der Waals surface area contributed by atoms with Gasteiger partial charge in [0.05, 0.1) is 0 Å². The number of unbranched alkanes of at least 4 members (excludes halogenated alkanes) is 14. The van der Waals surface area contributed by atoms with Crippen molar-refractivity contribution in [2.24, 2.45) is 0 Å². The molecule has 0 radical (unpaired) electrons. The van der Waals surface area contributed by atoms with Gasteiger partial charge >= 0.3 is 0 Å². The molecule has 0 atom stereocenters. The van der Waals surface area contributed by atoms with Crippen molar-refractivity contribution in [3.05, 3.63) is 0 Å². The summed E-state index contributed by atoms with van der Waals surface area (Å²) in [5.41, 5.74) is 0. The summed E-state index contributed by atoms with van der Waals surface area (Å²) in [4.78, 5) is 10.2. The number of hydrogen-bond acceptors (Lipinski definition) is 6. The highest BCUT2D eigenvalue weighted by Crippen LogP contribution is 2.13. The third kappa shape index (κ3) is 43.8. The maximum atomic E-state index is 10.2. The smallest absolute Gasteiger partial charge is 0.0414 e. The summed E-state index contributed by atoms with van der Waals surface area (Å²) in [6.45, 7) is 2.27. The molecule has 26 heavy (non-hydrogen) atoms. The van der Waals surface area contributed by atoms with Crippen molar-refractivity contribution < 1.29 is 39.8 Å². The first-order valence-electron chi connectivity index (χ1n) is 9.64. The van der Waals surface area contributed by atoms with Crippen molar-refractivity contribution in [1.29, 1.82) is 0 Å². The van der Waals surface area contributed by atoms with Crippen LogP contribution in [0.5, 0.6) is 0 Å². The highest BCUT2D eigenvalue weighted by molar-refractivity contribution is 7.79. The molecule has 160 valence electrons. The van der Waals surface area contributed by atoms with Crippen LogP contribution >= 0.6 is 0 Å². The molecule has 0 rings (SSSR count). The molecule has 0 aromatic carbocycles. The fourth-order valence-electron chi connectivity index (χ4n) is 2.64. The van der Waals surface area contributed by atoms with Crippen LogP contribution < -0.4 is 5.11 Å². The number of halogens is 1. The molecule has 0 heterocycles. The van der Waals surface area contributed by atoms with Crippen LogP contribution in [-0.4, -0.2) is 23.5 Å². The van der Waals surface area contributed by atoms with Gasteiger partial charge in [-0.3, -0.25) is 8.42 Å². The van der Waals surface area contributed by atoms with Gasteiger partial charge in [-0.25, -0.2) is 0 Å². The van der Waals surface area contributed by atoms with Crippen LogP contribution in [0.3, 0.4) is 0 Å². The van der Waals surface area contributed by atoms with E-state index in [9.17, 15) is 9.90 Å². The van der Waals surface area contributed by atoms with Gasteiger partial charge in [0.1, 0.15) is 0 Å². The molecule has 0 N–H and O–H groups in total. The third-order valence-electron chi connectivity index (χ3n) is 3.98. The molecule has 0 aliphatic carbocycles. The van der Waals surface area contributed by atoms with Gasteiger partial charge in [0.25, 0.3) is 0 Å². The molecule has 0 fully saturated rings. The summed E-state index contributed by atoms with van der Waals surface area (Å²) in [5.74, 6) is -0.903. The van der Waals surface area contributed by atoms with E-state index in [1.807, 2.05) is 0 Å². The monoisotopic (exact) mass is 418 g/mol.